The lowest BCUT2D eigenvalue weighted by Gasteiger charge is -2.45. The van der Waals surface area contributed by atoms with Gasteiger partial charge >= 0.3 is 0 Å². The summed E-state index contributed by atoms with van der Waals surface area (Å²) in [6.07, 6.45) is 0. The van der Waals surface area contributed by atoms with Crippen LogP contribution >= 0.6 is 11.3 Å². The molecule has 1 atom stereocenters. The van der Waals surface area contributed by atoms with Crippen molar-refractivity contribution >= 4 is 91.9 Å². The Balaban J connectivity index is 1.00. The van der Waals surface area contributed by atoms with E-state index >= 15 is 0 Å². The number of benzene rings is 11. The average Bonchev–Trinajstić information content (AvgIpc) is 3.92. The van der Waals surface area contributed by atoms with E-state index in [1.54, 1.807) is 0 Å². The second-order valence-corrected chi connectivity index (χ2v) is 19.0. The lowest BCUT2D eigenvalue weighted by Crippen LogP contribution is -2.36. The summed E-state index contributed by atoms with van der Waals surface area (Å²) in [6.45, 7) is 0. The van der Waals surface area contributed by atoms with Crippen molar-refractivity contribution in [1.82, 2.24) is 4.57 Å². The zero-order chi connectivity index (χ0) is 43.8. The summed E-state index contributed by atoms with van der Waals surface area (Å²) >= 11 is 1.85. The molecule has 11 aromatic carbocycles. The van der Waals surface area contributed by atoms with Gasteiger partial charge in [0.2, 0.25) is 0 Å². The lowest BCUT2D eigenvalue weighted by molar-refractivity contribution is 0.435. The number of hydrogen-bond donors (Lipinski definition) is 0. The molecule has 0 saturated heterocycles. The first-order valence-electron chi connectivity index (χ1n) is 23.0. The van der Waals surface area contributed by atoms with Crippen molar-refractivity contribution in [2.75, 3.05) is 4.90 Å². The number of rotatable bonds is 4. The van der Waals surface area contributed by atoms with Crippen LogP contribution in [-0.4, -0.2) is 4.57 Å². The number of aromatic nitrogens is 1. The molecule has 67 heavy (non-hydrogen) atoms. The predicted octanol–water partition coefficient (Wildman–Crippen LogP) is 17.4. The second-order valence-electron chi connectivity index (χ2n) is 17.9. The maximum atomic E-state index is 7.18. The van der Waals surface area contributed by atoms with E-state index in [2.05, 4.69) is 240 Å². The van der Waals surface area contributed by atoms with Crippen molar-refractivity contribution in [3.63, 3.8) is 0 Å². The molecule has 312 valence electrons. The van der Waals surface area contributed by atoms with E-state index in [1.165, 1.54) is 80.3 Å². The number of hydrogen-bond acceptors (Lipinski definition) is 3. The molecule has 2 aromatic heterocycles. The Labute approximate surface area is 390 Å². The van der Waals surface area contributed by atoms with Crippen LogP contribution in [-0.2, 0) is 5.41 Å². The fourth-order valence-electron chi connectivity index (χ4n) is 11.9. The van der Waals surface area contributed by atoms with Crippen LogP contribution in [0.25, 0.3) is 80.3 Å². The van der Waals surface area contributed by atoms with Gasteiger partial charge in [0.15, 0.2) is 0 Å². The van der Waals surface area contributed by atoms with Gasteiger partial charge in [0.1, 0.15) is 11.5 Å². The van der Waals surface area contributed by atoms with Gasteiger partial charge in [0, 0.05) is 70.6 Å². The zero-order valence-corrected chi connectivity index (χ0v) is 37.0. The SMILES string of the molecule is c1ccc2c(c1)Oc1cc(N(c3ccc4c(c3)sc3ccccc34)c3ccc4c5ccccc5n(-c5cccc6ccccc56)c4c3)ccc1C21c2ccccc2-c2cccc3cccc1c23. The maximum Gasteiger partial charge on any atom is 0.134 e. The van der Waals surface area contributed by atoms with Gasteiger partial charge in [-0.2, -0.15) is 0 Å². The van der Waals surface area contributed by atoms with Gasteiger partial charge in [-0.25, -0.2) is 0 Å². The Hall–Kier alpha value is -8.44. The highest BCUT2D eigenvalue weighted by Crippen LogP contribution is 2.61. The molecule has 2 aliphatic rings. The minimum Gasteiger partial charge on any atom is -0.457 e. The fourth-order valence-corrected chi connectivity index (χ4v) is 13.0. The van der Waals surface area contributed by atoms with Crippen LogP contribution in [0.15, 0.2) is 231 Å². The summed E-state index contributed by atoms with van der Waals surface area (Å²) < 4.78 is 12.2. The Morgan fingerprint density at radius 2 is 0.970 bits per heavy atom. The molecule has 3 nitrogen and oxygen atoms in total. The number of thiophene rings is 1. The Bertz CT molecular complexity index is 4220. The molecule has 15 rings (SSSR count). The molecule has 1 aliphatic heterocycles. The molecule has 1 spiro atoms. The summed E-state index contributed by atoms with van der Waals surface area (Å²) in [5.74, 6) is 1.72. The third-order valence-electron chi connectivity index (χ3n) is 14.6. The summed E-state index contributed by atoms with van der Waals surface area (Å²) in [5.41, 5.74) is 13.4. The summed E-state index contributed by atoms with van der Waals surface area (Å²) in [7, 11) is 0. The molecule has 0 fully saturated rings. The molecule has 0 bridgehead atoms. The number of nitrogens with zero attached hydrogens (tertiary/aromatic N) is 2. The Kier molecular flexibility index (Phi) is 7.58. The first kappa shape index (κ1) is 36.9. The van der Waals surface area contributed by atoms with Crippen LogP contribution < -0.4 is 9.64 Å². The average molecular weight is 871 g/mol. The normalized spacial score (nSPS) is 14.7. The van der Waals surface area contributed by atoms with Gasteiger partial charge in [-0.1, -0.05) is 170 Å². The highest BCUT2D eigenvalue weighted by molar-refractivity contribution is 7.25. The van der Waals surface area contributed by atoms with Crippen molar-refractivity contribution in [2.24, 2.45) is 0 Å². The molecular formula is C63H38N2OS. The lowest BCUT2D eigenvalue weighted by atomic mass is 9.58. The Morgan fingerprint density at radius 3 is 1.90 bits per heavy atom. The predicted molar refractivity (Wildman–Crippen MR) is 281 cm³/mol. The molecule has 0 N–H and O–H groups in total. The first-order chi connectivity index (χ1) is 33.2. The van der Waals surface area contributed by atoms with E-state index < -0.39 is 5.41 Å². The van der Waals surface area contributed by atoms with Crippen molar-refractivity contribution in [3.8, 4) is 28.3 Å². The van der Waals surface area contributed by atoms with Gasteiger partial charge in [0.05, 0.1) is 22.1 Å². The molecule has 1 aliphatic carbocycles. The molecule has 1 unspecified atom stereocenters. The van der Waals surface area contributed by atoms with Crippen LogP contribution in [0.3, 0.4) is 0 Å². The first-order valence-corrected chi connectivity index (χ1v) is 23.8. The summed E-state index contributed by atoms with van der Waals surface area (Å²) in [5, 5.41) is 9.97. The second kappa shape index (κ2) is 13.8. The smallest absolute Gasteiger partial charge is 0.134 e. The number of fused-ring (bicyclic) bond motifs is 15. The van der Waals surface area contributed by atoms with Gasteiger partial charge in [-0.15, -0.1) is 11.3 Å². The van der Waals surface area contributed by atoms with Gasteiger partial charge in [0.25, 0.3) is 0 Å². The quantitative estimate of drug-likeness (QED) is 0.175. The number of anilines is 3. The van der Waals surface area contributed by atoms with E-state index in [4.69, 9.17) is 4.74 Å². The van der Waals surface area contributed by atoms with Crippen molar-refractivity contribution in [1.29, 1.82) is 0 Å². The molecule has 0 radical (unpaired) electrons. The third-order valence-corrected chi connectivity index (χ3v) is 15.7. The van der Waals surface area contributed by atoms with E-state index in [1.807, 2.05) is 11.3 Å². The molecule has 4 heteroatoms. The van der Waals surface area contributed by atoms with Crippen molar-refractivity contribution in [3.05, 3.63) is 253 Å². The van der Waals surface area contributed by atoms with Crippen LogP contribution in [0, 0.1) is 0 Å². The van der Waals surface area contributed by atoms with Gasteiger partial charge in [-0.05, 0) is 93.0 Å². The minimum absolute atomic E-state index is 0.619. The highest BCUT2D eigenvalue weighted by Gasteiger charge is 2.49. The van der Waals surface area contributed by atoms with Crippen LogP contribution in [0.4, 0.5) is 17.1 Å². The minimum atomic E-state index is -0.619. The maximum absolute atomic E-state index is 7.18. The van der Waals surface area contributed by atoms with Crippen LogP contribution in [0.2, 0.25) is 0 Å². The summed E-state index contributed by atoms with van der Waals surface area (Å²) in [4.78, 5) is 2.43. The van der Waals surface area contributed by atoms with Crippen LogP contribution in [0.1, 0.15) is 22.3 Å². The monoisotopic (exact) mass is 870 g/mol. The Morgan fingerprint density at radius 1 is 0.373 bits per heavy atom. The van der Waals surface area contributed by atoms with E-state index in [-0.39, 0.29) is 0 Å². The molecular weight excluding hydrogens is 833 g/mol. The van der Waals surface area contributed by atoms with Crippen molar-refractivity contribution in [2.45, 2.75) is 5.41 Å². The van der Waals surface area contributed by atoms with Gasteiger partial charge < -0.3 is 14.2 Å². The zero-order valence-electron chi connectivity index (χ0n) is 36.2. The van der Waals surface area contributed by atoms with E-state index in [9.17, 15) is 0 Å². The fraction of sp³-hybridized carbons (Fsp3) is 0.0159. The highest BCUT2D eigenvalue weighted by atomic mass is 32.1. The summed E-state index contributed by atoms with van der Waals surface area (Å²) in [6, 6.07) is 85.0. The topological polar surface area (TPSA) is 17.4 Å². The van der Waals surface area contributed by atoms with E-state index in [0.717, 1.165) is 50.9 Å². The molecule has 0 saturated carbocycles. The standard InChI is InChI=1S/C63H38N2OS/c1-2-18-44-39(14-1)15-13-27-55(44)65-56-26-8-4-20-46(56)47-33-30-41(36-57(47)65)64(43-31-34-49-48-21-5-10-29-60(48)67-61(49)38-43)42-32-35-53-59(37-42)66-58-28-9-7-24-52(58)63(53)51-23-6-3-19-45(51)50-22-11-16-40-17-12-25-54(63)62(40)50/h1-38H. The largest absolute Gasteiger partial charge is 0.457 e. The third kappa shape index (κ3) is 5.05. The number of para-hydroxylation sites is 2. The van der Waals surface area contributed by atoms with Crippen molar-refractivity contribution < 1.29 is 4.74 Å². The number of ether oxygens (including phenoxy) is 1. The molecule has 13 aromatic rings. The van der Waals surface area contributed by atoms with E-state index in [0.29, 0.717) is 0 Å². The van der Waals surface area contributed by atoms with Gasteiger partial charge in [-0.3, -0.25) is 0 Å². The molecule has 0 amide bonds. The van der Waals surface area contributed by atoms with Crippen LogP contribution in [0.5, 0.6) is 11.5 Å². The molecule has 3 heterocycles.